The number of halogens is 1. The van der Waals surface area contributed by atoms with Gasteiger partial charge in [0.15, 0.2) is 0 Å². The largest absolute Gasteiger partial charge is 0.382 e. The lowest BCUT2D eigenvalue weighted by molar-refractivity contribution is -0.115. The second-order valence-electron chi connectivity index (χ2n) is 5.54. The highest BCUT2D eigenvalue weighted by Crippen LogP contribution is 2.23. The van der Waals surface area contributed by atoms with Gasteiger partial charge in [0.25, 0.3) is 5.91 Å². The van der Waals surface area contributed by atoms with Gasteiger partial charge in [-0.05, 0) is 38.5 Å². The van der Waals surface area contributed by atoms with Crippen LogP contribution in [0.4, 0.5) is 11.4 Å². The van der Waals surface area contributed by atoms with Crippen molar-refractivity contribution in [3.63, 3.8) is 0 Å². The van der Waals surface area contributed by atoms with Crippen LogP contribution in [-0.2, 0) is 9.53 Å². The van der Waals surface area contributed by atoms with Crippen molar-refractivity contribution in [1.82, 2.24) is 5.32 Å². The van der Waals surface area contributed by atoms with E-state index in [2.05, 4.69) is 10.6 Å². The zero-order chi connectivity index (χ0) is 18.1. The molecule has 0 saturated heterocycles. The van der Waals surface area contributed by atoms with E-state index in [1.165, 1.54) is 0 Å². The Morgan fingerprint density at radius 2 is 2.04 bits per heavy atom. The predicted molar refractivity (Wildman–Crippen MR) is 98.2 cm³/mol. The number of amides is 2. The molecule has 7 heteroatoms. The van der Waals surface area contributed by atoms with Crippen LogP contribution in [-0.4, -0.2) is 51.0 Å². The summed E-state index contributed by atoms with van der Waals surface area (Å²) in [5, 5.41) is 4.93. The summed E-state index contributed by atoms with van der Waals surface area (Å²) in [5.74, 6) is -0.498. The topological polar surface area (TPSA) is 70.7 Å². The number of carbonyl (C=O) groups excluding carboxylic acids is 2. The fraction of sp³-hybridized carbons (Fsp3) is 0.529. The van der Waals surface area contributed by atoms with Crippen LogP contribution in [0, 0.1) is 0 Å². The van der Waals surface area contributed by atoms with Crippen LogP contribution in [0.1, 0.15) is 30.6 Å². The molecule has 1 aromatic rings. The number of carbonyl (C=O) groups is 2. The van der Waals surface area contributed by atoms with Crippen LogP contribution >= 0.6 is 11.6 Å². The van der Waals surface area contributed by atoms with Gasteiger partial charge in [-0.1, -0.05) is 0 Å². The molecule has 0 saturated carbocycles. The van der Waals surface area contributed by atoms with E-state index in [-0.39, 0.29) is 11.8 Å². The summed E-state index contributed by atoms with van der Waals surface area (Å²) in [5.41, 5.74) is 1.81. The highest BCUT2D eigenvalue weighted by atomic mass is 35.5. The molecular formula is C17H26ClN3O3. The molecule has 0 bridgehead atoms. The molecule has 1 rings (SSSR count). The predicted octanol–water partition coefficient (Wildman–Crippen LogP) is 2.47. The molecule has 1 aromatic carbocycles. The van der Waals surface area contributed by atoms with Crippen molar-refractivity contribution in [3.05, 3.63) is 23.8 Å². The number of benzene rings is 1. The minimum atomic E-state index is -0.644. The van der Waals surface area contributed by atoms with Crippen molar-refractivity contribution in [2.45, 2.75) is 25.6 Å². The third-order valence-electron chi connectivity index (χ3n) is 3.31. The molecule has 2 N–H and O–H groups in total. The zero-order valence-electron chi connectivity index (χ0n) is 14.7. The monoisotopic (exact) mass is 355 g/mol. The minimum absolute atomic E-state index is 0.190. The zero-order valence-corrected chi connectivity index (χ0v) is 15.4. The summed E-state index contributed by atoms with van der Waals surface area (Å²) >= 11 is 5.76. The number of nitrogens with one attached hydrogen (secondary N) is 2. The first kappa shape index (κ1) is 20.3. The summed E-state index contributed by atoms with van der Waals surface area (Å²) in [6.07, 6.45) is 0.747. The van der Waals surface area contributed by atoms with Gasteiger partial charge in [-0.25, -0.2) is 0 Å². The molecule has 24 heavy (non-hydrogen) atoms. The molecule has 0 spiro atoms. The van der Waals surface area contributed by atoms with Crippen LogP contribution in [0.5, 0.6) is 0 Å². The Balaban J connectivity index is 2.84. The quantitative estimate of drug-likeness (QED) is 0.527. The third-order valence-corrected chi connectivity index (χ3v) is 3.51. The Morgan fingerprint density at radius 1 is 1.33 bits per heavy atom. The fourth-order valence-electron chi connectivity index (χ4n) is 2.04. The number of alkyl halides is 1. The first-order valence-electron chi connectivity index (χ1n) is 7.99. The Hall–Kier alpha value is -1.79. The van der Waals surface area contributed by atoms with Crippen molar-refractivity contribution in [3.8, 4) is 0 Å². The lowest BCUT2D eigenvalue weighted by Crippen LogP contribution is -2.28. The van der Waals surface area contributed by atoms with Crippen LogP contribution in [0.2, 0.25) is 0 Å². The fourth-order valence-corrected chi connectivity index (χ4v) is 2.10. The van der Waals surface area contributed by atoms with Gasteiger partial charge in [0.1, 0.15) is 5.38 Å². The summed E-state index contributed by atoms with van der Waals surface area (Å²) in [6, 6.07) is 5.20. The van der Waals surface area contributed by atoms with Crippen LogP contribution in [0.25, 0.3) is 0 Å². The maximum Gasteiger partial charge on any atom is 0.253 e. The third kappa shape index (κ3) is 6.37. The highest BCUT2D eigenvalue weighted by Gasteiger charge is 2.15. The Labute approximate surface area is 148 Å². The van der Waals surface area contributed by atoms with E-state index in [1.807, 2.05) is 25.9 Å². The van der Waals surface area contributed by atoms with Crippen molar-refractivity contribution in [2.75, 3.05) is 44.1 Å². The average molecular weight is 356 g/mol. The summed E-state index contributed by atoms with van der Waals surface area (Å²) < 4.78 is 5.25. The minimum Gasteiger partial charge on any atom is -0.382 e. The van der Waals surface area contributed by atoms with Crippen molar-refractivity contribution in [1.29, 1.82) is 0 Å². The van der Waals surface area contributed by atoms with Crippen molar-refractivity contribution in [2.24, 2.45) is 0 Å². The van der Waals surface area contributed by atoms with Crippen LogP contribution in [0.15, 0.2) is 18.2 Å². The first-order chi connectivity index (χ1) is 11.4. The maximum absolute atomic E-state index is 12.5. The molecule has 0 aliphatic carbocycles. The van der Waals surface area contributed by atoms with E-state index in [0.717, 1.165) is 12.1 Å². The van der Waals surface area contributed by atoms with E-state index >= 15 is 0 Å². The summed E-state index contributed by atoms with van der Waals surface area (Å²) in [6.45, 7) is 5.34. The van der Waals surface area contributed by atoms with Gasteiger partial charge >= 0.3 is 0 Å². The molecule has 0 aliphatic rings. The average Bonchev–Trinajstić information content (AvgIpc) is 2.54. The van der Waals surface area contributed by atoms with Gasteiger partial charge in [0.2, 0.25) is 5.91 Å². The number of rotatable bonds is 9. The molecule has 0 aromatic heterocycles. The molecule has 134 valence electrons. The number of ether oxygens (including phenoxy) is 1. The molecule has 0 fully saturated rings. The number of nitrogens with zero attached hydrogens (tertiary/aromatic N) is 1. The highest BCUT2D eigenvalue weighted by molar-refractivity contribution is 6.32. The molecule has 2 amide bonds. The molecule has 0 heterocycles. The second-order valence-corrected chi connectivity index (χ2v) is 6.19. The van der Waals surface area contributed by atoms with E-state index in [1.54, 1.807) is 25.1 Å². The molecule has 6 nitrogen and oxygen atoms in total. The smallest absolute Gasteiger partial charge is 0.253 e. The number of anilines is 2. The van der Waals surface area contributed by atoms with E-state index in [4.69, 9.17) is 16.3 Å². The first-order valence-corrected chi connectivity index (χ1v) is 8.42. The Kier molecular flexibility index (Phi) is 8.57. The van der Waals surface area contributed by atoms with Gasteiger partial charge in [0, 0.05) is 45.2 Å². The molecule has 0 aliphatic heterocycles. The van der Waals surface area contributed by atoms with Gasteiger partial charge in [0.05, 0.1) is 5.56 Å². The normalized spacial score (nSPS) is 11.7. The van der Waals surface area contributed by atoms with Gasteiger partial charge in [-0.2, -0.15) is 0 Å². The second kappa shape index (κ2) is 10.2. The standard InChI is InChI=1S/C17H26ClN3O3/c1-5-24-10-6-9-19-17(23)14-11-13(20-16(22)12(2)18)7-8-15(14)21(3)4/h7-8,11-12H,5-6,9-10H2,1-4H3,(H,19,23)(H,20,22). The Bertz CT molecular complexity index is 562. The molecule has 1 atom stereocenters. The molecule has 1 unspecified atom stereocenters. The SMILES string of the molecule is CCOCCCNC(=O)c1cc(NC(=O)C(C)Cl)ccc1N(C)C. The molecule has 0 radical (unpaired) electrons. The lowest BCUT2D eigenvalue weighted by atomic mass is 10.1. The summed E-state index contributed by atoms with van der Waals surface area (Å²) in [4.78, 5) is 26.0. The van der Waals surface area contributed by atoms with Gasteiger partial charge in [-0.15, -0.1) is 11.6 Å². The number of hydrogen-bond donors (Lipinski definition) is 2. The number of hydrogen-bond acceptors (Lipinski definition) is 4. The molecular weight excluding hydrogens is 330 g/mol. The lowest BCUT2D eigenvalue weighted by Gasteiger charge is -2.18. The van der Waals surface area contributed by atoms with Crippen LogP contribution < -0.4 is 15.5 Å². The van der Waals surface area contributed by atoms with Crippen LogP contribution in [0.3, 0.4) is 0 Å². The van der Waals surface area contributed by atoms with Crippen molar-refractivity contribution >= 4 is 34.8 Å². The van der Waals surface area contributed by atoms with E-state index in [0.29, 0.717) is 31.0 Å². The Morgan fingerprint density at radius 3 is 2.62 bits per heavy atom. The van der Waals surface area contributed by atoms with Crippen molar-refractivity contribution < 1.29 is 14.3 Å². The van der Waals surface area contributed by atoms with E-state index in [9.17, 15) is 9.59 Å². The maximum atomic E-state index is 12.5. The van der Waals surface area contributed by atoms with Gasteiger partial charge in [-0.3, -0.25) is 9.59 Å². The van der Waals surface area contributed by atoms with E-state index < -0.39 is 5.38 Å². The summed E-state index contributed by atoms with van der Waals surface area (Å²) in [7, 11) is 3.72. The van der Waals surface area contributed by atoms with Gasteiger partial charge < -0.3 is 20.3 Å².